The van der Waals surface area contributed by atoms with Crippen LogP contribution in [0.5, 0.6) is 0 Å². The highest BCUT2D eigenvalue weighted by Crippen LogP contribution is 2.26. The third-order valence-electron chi connectivity index (χ3n) is 5.88. The van der Waals surface area contributed by atoms with Crippen LogP contribution in [-0.2, 0) is 9.47 Å². The van der Waals surface area contributed by atoms with Crippen LogP contribution >= 0.6 is 0 Å². The zero-order valence-corrected chi connectivity index (χ0v) is 22.0. The summed E-state index contributed by atoms with van der Waals surface area (Å²) < 4.78 is 24.7. The maximum Gasteiger partial charge on any atom is 0.410 e. The monoisotopic (exact) mass is 521 g/mol. The molecule has 9 nitrogen and oxygen atoms in total. The molecule has 38 heavy (non-hydrogen) atoms. The van der Waals surface area contributed by atoms with E-state index in [0.29, 0.717) is 43.2 Å². The Balaban J connectivity index is 1.35. The van der Waals surface area contributed by atoms with E-state index in [2.05, 4.69) is 20.5 Å². The number of nitrogens with one attached hydrogen (secondary N) is 2. The second kappa shape index (κ2) is 11.4. The second-order valence-electron chi connectivity index (χ2n) is 9.87. The van der Waals surface area contributed by atoms with Crippen molar-refractivity contribution in [3.63, 3.8) is 0 Å². The lowest BCUT2D eigenvalue weighted by atomic mass is 10.2. The van der Waals surface area contributed by atoms with E-state index in [1.54, 1.807) is 35.2 Å². The van der Waals surface area contributed by atoms with Gasteiger partial charge in [-0.25, -0.2) is 19.0 Å². The first-order valence-corrected chi connectivity index (χ1v) is 12.3. The Labute approximate surface area is 221 Å². The number of amides is 1. The summed E-state index contributed by atoms with van der Waals surface area (Å²) in [5.41, 5.74) is 2.62. The number of carbonyl (C=O) groups excluding carboxylic acids is 2. The van der Waals surface area contributed by atoms with Crippen molar-refractivity contribution in [3.05, 3.63) is 72.2 Å². The molecule has 0 atom stereocenters. The van der Waals surface area contributed by atoms with Crippen molar-refractivity contribution in [2.75, 3.05) is 48.8 Å². The molecule has 0 radical (unpaired) electrons. The van der Waals surface area contributed by atoms with Crippen molar-refractivity contribution in [2.45, 2.75) is 26.4 Å². The van der Waals surface area contributed by atoms with E-state index < -0.39 is 17.4 Å². The minimum Gasteiger partial charge on any atom is -0.465 e. The fourth-order valence-electron chi connectivity index (χ4n) is 3.94. The van der Waals surface area contributed by atoms with Gasteiger partial charge in [0.05, 0.1) is 24.6 Å². The van der Waals surface area contributed by atoms with Crippen molar-refractivity contribution in [1.29, 1.82) is 0 Å². The van der Waals surface area contributed by atoms with E-state index >= 15 is 0 Å². The molecule has 0 spiro atoms. The Hall–Kier alpha value is -4.34. The largest absolute Gasteiger partial charge is 0.465 e. The lowest BCUT2D eigenvalue weighted by Gasteiger charge is -2.36. The average molecular weight is 522 g/mol. The number of rotatable bonds is 6. The molecule has 2 N–H and O–H groups in total. The van der Waals surface area contributed by atoms with Crippen LogP contribution in [0.25, 0.3) is 0 Å². The van der Waals surface area contributed by atoms with E-state index in [1.807, 2.05) is 45.0 Å². The summed E-state index contributed by atoms with van der Waals surface area (Å²) >= 11 is 0. The topological polar surface area (TPSA) is 96.0 Å². The first-order chi connectivity index (χ1) is 18.1. The molecule has 0 saturated carbocycles. The van der Waals surface area contributed by atoms with Gasteiger partial charge in [0.1, 0.15) is 11.4 Å². The molecule has 10 heteroatoms. The van der Waals surface area contributed by atoms with Crippen LogP contribution in [0.3, 0.4) is 0 Å². The van der Waals surface area contributed by atoms with Crippen molar-refractivity contribution < 1.29 is 23.5 Å². The molecule has 1 aliphatic rings. The molecule has 0 bridgehead atoms. The number of carbonyl (C=O) groups is 2. The number of esters is 1. The van der Waals surface area contributed by atoms with E-state index in [1.165, 1.54) is 7.11 Å². The van der Waals surface area contributed by atoms with Crippen LogP contribution in [0.1, 0.15) is 31.1 Å². The molecule has 0 aliphatic carbocycles. The minimum atomic E-state index is -0.514. The summed E-state index contributed by atoms with van der Waals surface area (Å²) in [6, 6.07) is 16.0. The molecule has 0 unspecified atom stereocenters. The van der Waals surface area contributed by atoms with Gasteiger partial charge < -0.3 is 29.9 Å². The summed E-state index contributed by atoms with van der Waals surface area (Å²) in [7, 11) is 1.33. The summed E-state index contributed by atoms with van der Waals surface area (Å²) in [5.74, 6) is -0.463. The predicted molar refractivity (Wildman–Crippen MR) is 145 cm³/mol. The SMILES string of the molecule is COC(=O)c1ccc(Nc2cc(Nc3ccc(N4CCN(C(=O)OC(C)(C)C)CC4)cc3)c(F)cn2)cc1. The summed E-state index contributed by atoms with van der Waals surface area (Å²) in [5, 5.41) is 6.20. The Morgan fingerprint density at radius 1 is 0.921 bits per heavy atom. The number of ether oxygens (including phenoxy) is 2. The van der Waals surface area contributed by atoms with Crippen LogP contribution in [-0.4, -0.2) is 60.8 Å². The van der Waals surface area contributed by atoms with Gasteiger partial charge in [-0.3, -0.25) is 0 Å². The zero-order valence-electron chi connectivity index (χ0n) is 22.0. The van der Waals surface area contributed by atoms with Crippen molar-refractivity contribution in [1.82, 2.24) is 9.88 Å². The highest BCUT2D eigenvalue weighted by Gasteiger charge is 2.26. The molecule has 4 rings (SSSR count). The van der Waals surface area contributed by atoms with Gasteiger partial charge >= 0.3 is 12.1 Å². The van der Waals surface area contributed by atoms with Crippen LogP contribution < -0.4 is 15.5 Å². The second-order valence-corrected chi connectivity index (χ2v) is 9.87. The van der Waals surface area contributed by atoms with Gasteiger partial charge in [-0.1, -0.05) is 0 Å². The number of benzene rings is 2. The normalized spacial score (nSPS) is 13.6. The predicted octanol–water partition coefficient (Wildman–Crippen LogP) is 5.55. The van der Waals surface area contributed by atoms with Gasteiger partial charge in [0, 0.05) is 49.3 Å². The molecule has 1 amide bonds. The maximum absolute atomic E-state index is 14.5. The van der Waals surface area contributed by atoms with E-state index in [-0.39, 0.29) is 11.8 Å². The lowest BCUT2D eigenvalue weighted by molar-refractivity contribution is 0.0240. The molecular formula is C28H32FN5O4. The number of methoxy groups -OCH3 is 1. The van der Waals surface area contributed by atoms with Crippen LogP contribution in [0.15, 0.2) is 60.8 Å². The van der Waals surface area contributed by atoms with Crippen molar-refractivity contribution in [2.24, 2.45) is 0 Å². The molecule has 1 saturated heterocycles. The number of halogens is 1. The highest BCUT2D eigenvalue weighted by molar-refractivity contribution is 5.89. The Morgan fingerprint density at radius 2 is 1.53 bits per heavy atom. The number of anilines is 5. The number of aromatic nitrogens is 1. The Kier molecular flexibility index (Phi) is 7.99. The first-order valence-electron chi connectivity index (χ1n) is 12.3. The molecule has 1 fully saturated rings. The van der Waals surface area contributed by atoms with Gasteiger partial charge in [-0.05, 0) is 69.3 Å². The number of pyridine rings is 1. The molecular weight excluding hydrogens is 489 g/mol. The average Bonchev–Trinajstić information content (AvgIpc) is 2.90. The molecule has 1 aliphatic heterocycles. The molecule has 2 aromatic carbocycles. The first kappa shape index (κ1) is 26.7. The van der Waals surface area contributed by atoms with E-state index in [0.717, 1.165) is 17.6 Å². The summed E-state index contributed by atoms with van der Waals surface area (Å²) in [4.78, 5) is 31.9. The fraction of sp³-hybridized carbons (Fsp3) is 0.321. The number of hydrogen-bond donors (Lipinski definition) is 2. The Bertz CT molecular complexity index is 1270. The van der Waals surface area contributed by atoms with Gasteiger partial charge in [0.15, 0.2) is 5.82 Å². The Morgan fingerprint density at radius 3 is 2.13 bits per heavy atom. The van der Waals surface area contributed by atoms with Crippen LogP contribution in [0.4, 0.5) is 37.8 Å². The quantitative estimate of drug-likeness (QED) is 0.408. The third-order valence-corrected chi connectivity index (χ3v) is 5.88. The van der Waals surface area contributed by atoms with E-state index in [4.69, 9.17) is 9.47 Å². The maximum atomic E-state index is 14.5. The number of hydrogen-bond acceptors (Lipinski definition) is 8. The fourth-order valence-corrected chi connectivity index (χ4v) is 3.94. The summed E-state index contributed by atoms with van der Waals surface area (Å²) in [6.45, 7) is 8.13. The minimum absolute atomic E-state index is 0.271. The lowest BCUT2D eigenvalue weighted by Crippen LogP contribution is -2.50. The van der Waals surface area contributed by atoms with Gasteiger partial charge in [0.2, 0.25) is 0 Å². The van der Waals surface area contributed by atoms with Gasteiger partial charge in [-0.15, -0.1) is 0 Å². The van der Waals surface area contributed by atoms with Gasteiger partial charge in [-0.2, -0.15) is 0 Å². The molecule has 3 aromatic rings. The molecule has 2 heterocycles. The third kappa shape index (κ3) is 6.90. The summed E-state index contributed by atoms with van der Waals surface area (Å²) in [6.07, 6.45) is 0.856. The van der Waals surface area contributed by atoms with Crippen molar-refractivity contribution in [3.8, 4) is 0 Å². The number of piperazine rings is 1. The number of nitrogens with zero attached hydrogens (tertiary/aromatic N) is 3. The smallest absolute Gasteiger partial charge is 0.410 e. The van der Waals surface area contributed by atoms with Crippen LogP contribution in [0, 0.1) is 5.82 Å². The van der Waals surface area contributed by atoms with Crippen LogP contribution in [0.2, 0.25) is 0 Å². The standard InChI is InChI=1S/C28H32FN5O4/c1-28(2,3)38-27(36)34-15-13-33(14-16-34)22-11-9-20(10-12-22)31-24-17-25(30-18-23(24)29)32-21-7-5-19(6-8-21)26(35)37-4/h5-12,17-18H,13-16H2,1-4H3,(H2,30,31,32). The highest BCUT2D eigenvalue weighted by atomic mass is 19.1. The zero-order chi connectivity index (χ0) is 27.3. The van der Waals surface area contributed by atoms with Gasteiger partial charge in [0.25, 0.3) is 0 Å². The molecule has 1 aromatic heterocycles. The molecule has 200 valence electrons. The van der Waals surface area contributed by atoms with E-state index in [9.17, 15) is 14.0 Å². The van der Waals surface area contributed by atoms with Crippen molar-refractivity contribution >= 4 is 40.6 Å².